The first-order chi connectivity index (χ1) is 5.64. The van der Waals surface area contributed by atoms with E-state index in [4.69, 9.17) is 19.8 Å². The molecule has 12 heavy (non-hydrogen) atoms. The maximum atomic E-state index is 9.10. The van der Waals surface area contributed by atoms with Crippen molar-refractivity contribution < 1.29 is 19.8 Å². The summed E-state index contributed by atoms with van der Waals surface area (Å²) in [6, 6.07) is 0. The van der Waals surface area contributed by atoms with Crippen LogP contribution in [0.2, 0.25) is 0 Å². The second kappa shape index (κ2) is 5.96. The van der Waals surface area contributed by atoms with E-state index >= 15 is 0 Å². The first kappa shape index (κ1) is 10.2. The second-order valence-electron chi connectivity index (χ2n) is 1.81. The molecular weight excluding hydrogens is 162 g/mol. The number of aliphatic carboxylic acids is 2. The van der Waals surface area contributed by atoms with Crippen molar-refractivity contribution in [1.82, 2.24) is 5.32 Å². The summed E-state index contributed by atoms with van der Waals surface area (Å²) in [5.74, 6) is -3.65. The minimum atomic E-state index is -1.82. The van der Waals surface area contributed by atoms with Crippen LogP contribution in [0.5, 0.6) is 0 Å². The van der Waals surface area contributed by atoms with E-state index in [-0.39, 0.29) is 0 Å². The van der Waals surface area contributed by atoms with Crippen molar-refractivity contribution in [1.29, 1.82) is 0 Å². The Morgan fingerprint density at radius 3 is 1.83 bits per heavy atom. The zero-order valence-corrected chi connectivity index (χ0v) is 6.23. The number of carboxylic acids is 2. The van der Waals surface area contributed by atoms with Gasteiger partial charge in [0.15, 0.2) is 0 Å². The highest BCUT2D eigenvalue weighted by Gasteiger charge is 2.04. The van der Waals surface area contributed by atoms with Gasteiger partial charge in [0, 0.05) is 6.54 Å². The van der Waals surface area contributed by atoms with E-state index in [0.717, 1.165) is 6.54 Å². The fourth-order valence-corrected chi connectivity index (χ4v) is 0.406. The predicted molar refractivity (Wildman–Crippen MR) is 41.6 cm³/mol. The van der Waals surface area contributed by atoms with Gasteiger partial charge in [0.05, 0.1) is 0 Å². The largest absolute Gasteiger partial charge is 0.473 e. The molecule has 1 aliphatic rings. The van der Waals surface area contributed by atoms with Crippen molar-refractivity contribution in [2.45, 2.75) is 0 Å². The Hall–Kier alpha value is -1.78. The van der Waals surface area contributed by atoms with Crippen LogP contribution in [0.25, 0.3) is 0 Å². The van der Waals surface area contributed by atoms with Gasteiger partial charge in [-0.2, -0.15) is 0 Å². The quantitative estimate of drug-likeness (QED) is 0.440. The summed E-state index contributed by atoms with van der Waals surface area (Å²) in [5, 5.41) is 17.8. The van der Waals surface area contributed by atoms with Crippen LogP contribution >= 0.6 is 0 Å². The third-order valence-electron chi connectivity index (χ3n) is 0.880. The lowest BCUT2D eigenvalue weighted by Gasteiger charge is -1.94. The Morgan fingerprint density at radius 2 is 1.75 bits per heavy atom. The molecule has 0 radical (unpaired) electrons. The number of allylic oxidation sites excluding steroid dienone is 2. The summed E-state index contributed by atoms with van der Waals surface area (Å²) in [6.45, 7) is 0.983. The van der Waals surface area contributed by atoms with Crippen LogP contribution in [0, 0.1) is 0 Å². The van der Waals surface area contributed by atoms with Gasteiger partial charge in [-0.3, -0.25) is 0 Å². The van der Waals surface area contributed by atoms with E-state index in [1.807, 2.05) is 18.4 Å². The van der Waals surface area contributed by atoms with Gasteiger partial charge >= 0.3 is 11.9 Å². The Morgan fingerprint density at radius 1 is 1.17 bits per heavy atom. The van der Waals surface area contributed by atoms with Crippen molar-refractivity contribution in [2.75, 3.05) is 6.54 Å². The van der Waals surface area contributed by atoms with E-state index in [2.05, 4.69) is 11.4 Å². The number of carbonyl (C=O) groups is 2. The summed E-state index contributed by atoms with van der Waals surface area (Å²) in [5.41, 5.74) is 0. The molecule has 0 atom stereocenters. The van der Waals surface area contributed by atoms with E-state index in [0.29, 0.717) is 0 Å². The molecule has 0 spiro atoms. The van der Waals surface area contributed by atoms with Crippen molar-refractivity contribution >= 4 is 11.9 Å². The van der Waals surface area contributed by atoms with E-state index < -0.39 is 11.9 Å². The van der Waals surface area contributed by atoms with Crippen LogP contribution in [0.15, 0.2) is 24.4 Å². The second-order valence-corrected chi connectivity index (χ2v) is 1.81. The van der Waals surface area contributed by atoms with Gasteiger partial charge in [-0.25, -0.2) is 9.59 Å². The van der Waals surface area contributed by atoms with Crippen LogP contribution in [0.1, 0.15) is 0 Å². The van der Waals surface area contributed by atoms with Crippen molar-refractivity contribution in [2.24, 2.45) is 0 Å². The minimum Gasteiger partial charge on any atom is -0.473 e. The maximum absolute atomic E-state index is 9.10. The standard InChI is InChI=1S/C5H7N.C2H2O4/c1-2-4-6-5-3-1;3-1(4)2(5)6/h1-4,6H,5H2;(H,3,4)(H,5,6). The first-order valence-electron chi connectivity index (χ1n) is 3.16. The van der Waals surface area contributed by atoms with E-state index in [1.165, 1.54) is 0 Å². The van der Waals surface area contributed by atoms with Crippen molar-refractivity contribution in [3.05, 3.63) is 24.4 Å². The normalized spacial score (nSPS) is 12.3. The molecule has 0 bridgehead atoms. The van der Waals surface area contributed by atoms with Gasteiger partial charge < -0.3 is 15.5 Å². The lowest BCUT2D eigenvalue weighted by molar-refractivity contribution is -0.159. The van der Waals surface area contributed by atoms with Crippen LogP contribution in [0.3, 0.4) is 0 Å². The Bertz CT molecular complexity index is 195. The smallest absolute Gasteiger partial charge is 0.414 e. The zero-order valence-electron chi connectivity index (χ0n) is 6.23. The molecule has 66 valence electrons. The van der Waals surface area contributed by atoms with E-state index in [1.54, 1.807) is 0 Å². The Labute approximate surface area is 69.0 Å². The third kappa shape index (κ3) is 6.34. The monoisotopic (exact) mass is 171 g/mol. The van der Waals surface area contributed by atoms with E-state index in [9.17, 15) is 0 Å². The van der Waals surface area contributed by atoms with Crippen LogP contribution < -0.4 is 5.32 Å². The predicted octanol–water partition coefficient (Wildman–Crippen LogP) is -0.185. The molecule has 1 aliphatic heterocycles. The molecular formula is C7H9NO4. The van der Waals surface area contributed by atoms with Gasteiger partial charge in [0.1, 0.15) is 0 Å². The SMILES string of the molecule is C1=CCNC=C1.O=C(O)C(=O)O. The van der Waals surface area contributed by atoms with Gasteiger partial charge in [0.25, 0.3) is 0 Å². The number of hydrogen-bond acceptors (Lipinski definition) is 3. The Kier molecular flexibility index (Phi) is 5.08. The van der Waals surface area contributed by atoms with Crippen LogP contribution in [-0.4, -0.2) is 28.7 Å². The molecule has 0 aliphatic carbocycles. The van der Waals surface area contributed by atoms with Crippen molar-refractivity contribution in [3.63, 3.8) is 0 Å². The van der Waals surface area contributed by atoms with Crippen LogP contribution in [0.4, 0.5) is 0 Å². The number of hydrogen-bond donors (Lipinski definition) is 3. The molecule has 3 N–H and O–H groups in total. The number of rotatable bonds is 0. The highest BCUT2D eigenvalue weighted by atomic mass is 16.4. The molecule has 0 saturated carbocycles. The third-order valence-corrected chi connectivity index (χ3v) is 0.880. The molecule has 5 heteroatoms. The highest BCUT2D eigenvalue weighted by molar-refractivity contribution is 6.27. The summed E-state index contributed by atoms with van der Waals surface area (Å²) in [4.78, 5) is 18.2. The van der Waals surface area contributed by atoms with Gasteiger partial charge in [-0.1, -0.05) is 12.2 Å². The number of nitrogens with one attached hydrogen (secondary N) is 1. The molecule has 0 saturated heterocycles. The molecule has 0 aromatic rings. The summed E-state index contributed by atoms with van der Waals surface area (Å²) < 4.78 is 0. The lowest BCUT2D eigenvalue weighted by Crippen LogP contribution is -2.09. The summed E-state index contributed by atoms with van der Waals surface area (Å²) in [6.07, 6.45) is 8.00. The van der Waals surface area contributed by atoms with Crippen molar-refractivity contribution in [3.8, 4) is 0 Å². The lowest BCUT2D eigenvalue weighted by atomic mass is 10.4. The first-order valence-corrected chi connectivity index (χ1v) is 3.16. The fourth-order valence-electron chi connectivity index (χ4n) is 0.406. The highest BCUT2D eigenvalue weighted by Crippen LogP contribution is 1.78. The maximum Gasteiger partial charge on any atom is 0.414 e. The molecule has 1 rings (SSSR count). The van der Waals surface area contributed by atoms with Crippen LogP contribution in [-0.2, 0) is 9.59 Å². The molecule has 0 aromatic carbocycles. The molecule has 1 heterocycles. The van der Waals surface area contributed by atoms with Gasteiger partial charge in [-0.15, -0.1) is 0 Å². The molecule has 0 unspecified atom stereocenters. The zero-order chi connectivity index (χ0) is 9.40. The van der Waals surface area contributed by atoms with Gasteiger partial charge in [0.2, 0.25) is 0 Å². The average molecular weight is 171 g/mol. The molecule has 0 amide bonds. The summed E-state index contributed by atoms with van der Waals surface area (Å²) in [7, 11) is 0. The molecule has 0 aromatic heterocycles. The Balaban J connectivity index is 0.000000202. The summed E-state index contributed by atoms with van der Waals surface area (Å²) >= 11 is 0. The number of dihydropyridines is 1. The average Bonchev–Trinajstić information content (AvgIpc) is 2.08. The molecule has 5 nitrogen and oxygen atoms in total. The van der Waals surface area contributed by atoms with Gasteiger partial charge in [-0.05, 0) is 12.3 Å². The molecule has 0 fully saturated rings. The fraction of sp³-hybridized carbons (Fsp3) is 0.143. The number of carboxylic acid groups (broad SMARTS) is 2. The topological polar surface area (TPSA) is 86.6 Å². The minimum absolute atomic E-state index is 0.983.